The molecule has 0 fully saturated rings. The summed E-state index contributed by atoms with van der Waals surface area (Å²) in [6.45, 7) is 1.86. The third kappa shape index (κ3) is 2.42. The van der Waals surface area contributed by atoms with E-state index in [-0.39, 0.29) is 5.82 Å². The minimum atomic E-state index is -0.374. The third-order valence-electron chi connectivity index (χ3n) is 2.89. The van der Waals surface area contributed by atoms with Gasteiger partial charge in [-0.05, 0) is 24.6 Å². The lowest BCUT2D eigenvalue weighted by Crippen LogP contribution is -1.92. The van der Waals surface area contributed by atoms with Gasteiger partial charge < -0.3 is 4.52 Å². The molecule has 0 unspecified atom stereocenters. The maximum Gasteiger partial charge on any atom is 0.261 e. The van der Waals surface area contributed by atoms with Crippen LogP contribution in [0.1, 0.15) is 17.1 Å². The molecule has 0 saturated heterocycles. The standard InChI is InChI=1S/C13H10ClFN4O/c1-7-10(6-16-18-7)13-17-12(19-20-13)4-8-2-3-9(15)5-11(8)14/h2-3,5-6H,4H2,1H3,(H,16,18). The van der Waals surface area contributed by atoms with Gasteiger partial charge in [-0.25, -0.2) is 4.39 Å². The normalized spacial score (nSPS) is 10.9. The molecule has 7 heteroatoms. The molecular formula is C13H10ClFN4O. The quantitative estimate of drug-likeness (QED) is 0.805. The lowest BCUT2D eigenvalue weighted by Gasteiger charge is -2.00. The lowest BCUT2D eigenvalue weighted by molar-refractivity contribution is 0.423. The van der Waals surface area contributed by atoms with Crippen LogP contribution in [0.15, 0.2) is 28.9 Å². The first-order valence-electron chi connectivity index (χ1n) is 5.90. The summed E-state index contributed by atoms with van der Waals surface area (Å²) in [5.41, 5.74) is 2.35. The number of hydrogen-bond acceptors (Lipinski definition) is 4. The molecule has 3 aromatic rings. The Morgan fingerprint density at radius 3 is 2.95 bits per heavy atom. The van der Waals surface area contributed by atoms with Crippen molar-refractivity contribution in [3.63, 3.8) is 0 Å². The first-order chi connectivity index (χ1) is 9.63. The molecule has 0 saturated carbocycles. The zero-order valence-electron chi connectivity index (χ0n) is 10.5. The molecule has 1 N–H and O–H groups in total. The van der Waals surface area contributed by atoms with Crippen molar-refractivity contribution >= 4 is 11.6 Å². The fourth-order valence-corrected chi connectivity index (χ4v) is 2.07. The van der Waals surface area contributed by atoms with Gasteiger partial charge in [-0.1, -0.05) is 22.8 Å². The van der Waals surface area contributed by atoms with E-state index in [2.05, 4.69) is 20.3 Å². The van der Waals surface area contributed by atoms with Gasteiger partial charge in [0.2, 0.25) is 0 Å². The third-order valence-corrected chi connectivity index (χ3v) is 3.24. The van der Waals surface area contributed by atoms with E-state index in [0.29, 0.717) is 23.2 Å². The van der Waals surface area contributed by atoms with E-state index in [1.54, 1.807) is 12.3 Å². The molecule has 3 rings (SSSR count). The maximum absolute atomic E-state index is 13.0. The van der Waals surface area contributed by atoms with Gasteiger partial charge in [0.05, 0.1) is 11.8 Å². The van der Waals surface area contributed by atoms with Crippen molar-refractivity contribution in [1.29, 1.82) is 0 Å². The predicted octanol–water partition coefficient (Wildman–Crippen LogP) is 3.15. The molecule has 2 heterocycles. The zero-order chi connectivity index (χ0) is 14.1. The molecule has 0 atom stereocenters. The Balaban J connectivity index is 1.86. The van der Waals surface area contributed by atoms with Gasteiger partial charge in [-0.15, -0.1) is 0 Å². The monoisotopic (exact) mass is 292 g/mol. The molecule has 0 aliphatic carbocycles. The SMILES string of the molecule is Cc1[nH]ncc1-c1nc(Cc2ccc(F)cc2Cl)no1. The Morgan fingerprint density at radius 2 is 2.25 bits per heavy atom. The Morgan fingerprint density at radius 1 is 1.40 bits per heavy atom. The van der Waals surface area contributed by atoms with Crippen molar-refractivity contribution in [2.75, 3.05) is 0 Å². The Hall–Kier alpha value is -2.21. The van der Waals surface area contributed by atoms with E-state index >= 15 is 0 Å². The van der Waals surface area contributed by atoms with Gasteiger partial charge in [0.25, 0.3) is 5.89 Å². The maximum atomic E-state index is 13.0. The molecule has 2 aromatic heterocycles. The molecule has 0 radical (unpaired) electrons. The molecule has 5 nitrogen and oxygen atoms in total. The topological polar surface area (TPSA) is 67.6 Å². The van der Waals surface area contributed by atoms with Crippen molar-refractivity contribution in [1.82, 2.24) is 20.3 Å². The second kappa shape index (κ2) is 5.05. The first kappa shape index (κ1) is 12.8. The highest BCUT2D eigenvalue weighted by molar-refractivity contribution is 6.31. The molecule has 0 amide bonds. The average Bonchev–Trinajstić information content (AvgIpc) is 3.01. The van der Waals surface area contributed by atoms with E-state index < -0.39 is 0 Å². The van der Waals surface area contributed by atoms with Crippen LogP contribution in [0.5, 0.6) is 0 Å². The average molecular weight is 293 g/mol. The van der Waals surface area contributed by atoms with E-state index in [0.717, 1.165) is 16.8 Å². The predicted molar refractivity (Wildman–Crippen MR) is 70.8 cm³/mol. The largest absolute Gasteiger partial charge is 0.334 e. The van der Waals surface area contributed by atoms with E-state index in [1.807, 2.05) is 6.92 Å². The number of aryl methyl sites for hydroxylation is 1. The molecule has 1 aromatic carbocycles. The summed E-state index contributed by atoms with van der Waals surface area (Å²) in [5, 5.41) is 10.9. The molecule has 0 aliphatic rings. The molecule has 102 valence electrons. The Bertz CT molecular complexity index is 752. The van der Waals surface area contributed by atoms with Gasteiger partial charge in [0.1, 0.15) is 5.82 Å². The summed E-state index contributed by atoms with van der Waals surface area (Å²) in [5.74, 6) is 0.500. The number of halogens is 2. The highest BCUT2D eigenvalue weighted by Gasteiger charge is 2.14. The minimum Gasteiger partial charge on any atom is -0.334 e. The number of H-pyrrole nitrogens is 1. The summed E-state index contributed by atoms with van der Waals surface area (Å²) in [6.07, 6.45) is 2.00. The van der Waals surface area contributed by atoms with Crippen LogP contribution < -0.4 is 0 Å². The fourth-order valence-electron chi connectivity index (χ4n) is 1.84. The van der Waals surface area contributed by atoms with Crippen LogP contribution in [0.4, 0.5) is 4.39 Å². The van der Waals surface area contributed by atoms with Gasteiger partial charge in [0.15, 0.2) is 5.82 Å². The molecule has 0 aliphatic heterocycles. The number of nitrogens with one attached hydrogen (secondary N) is 1. The van der Waals surface area contributed by atoms with Crippen molar-refractivity contribution in [2.45, 2.75) is 13.3 Å². The number of nitrogens with zero attached hydrogens (tertiary/aromatic N) is 3. The van der Waals surface area contributed by atoms with E-state index in [9.17, 15) is 4.39 Å². The number of aromatic nitrogens is 4. The summed E-state index contributed by atoms with van der Waals surface area (Å²) in [4.78, 5) is 4.28. The van der Waals surface area contributed by atoms with Crippen molar-refractivity contribution < 1.29 is 8.91 Å². The first-order valence-corrected chi connectivity index (χ1v) is 6.28. The van der Waals surface area contributed by atoms with Gasteiger partial charge in [-0.3, -0.25) is 5.10 Å². The number of rotatable bonds is 3. The summed E-state index contributed by atoms with van der Waals surface area (Å²) >= 11 is 5.97. The summed E-state index contributed by atoms with van der Waals surface area (Å²) in [6, 6.07) is 4.22. The van der Waals surface area contributed by atoms with E-state index in [4.69, 9.17) is 16.1 Å². The van der Waals surface area contributed by atoms with Crippen LogP contribution in [-0.4, -0.2) is 20.3 Å². The van der Waals surface area contributed by atoms with Crippen LogP contribution in [0, 0.1) is 12.7 Å². The number of aromatic amines is 1. The minimum absolute atomic E-state index is 0.343. The van der Waals surface area contributed by atoms with Gasteiger partial charge in [0, 0.05) is 17.1 Å². The van der Waals surface area contributed by atoms with Crippen molar-refractivity contribution in [3.8, 4) is 11.5 Å². The van der Waals surface area contributed by atoms with E-state index in [1.165, 1.54) is 12.1 Å². The Kier molecular flexibility index (Phi) is 3.23. The van der Waals surface area contributed by atoms with Crippen molar-refractivity contribution in [2.24, 2.45) is 0 Å². The van der Waals surface area contributed by atoms with Crippen LogP contribution in [0.2, 0.25) is 5.02 Å². The molecule has 0 bridgehead atoms. The van der Waals surface area contributed by atoms with Gasteiger partial charge in [-0.2, -0.15) is 10.1 Å². The second-order valence-electron chi connectivity index (χ2n) is 4.34. The highest BCUT2D eigenvalue weighted by atomic mass is 35.5. The molecular weight excluding hydrogens is 283 g/mol. The zero-order valence-corrected chi connectivity index (χ0v) is 11.3. The van der Waals surface area contributed by atoms with Crippen LogP contribution in [-0.2, 0) is 6.42 Å². The van der Waals surface area contributed by atoms with Gasteiger partial charge >= 0.3 is 0 Å². The van der Waals surface area contributed by atoms with Crippen LogP contribution in [0.3, 0.4) is 0 Å². The lowest BCUT2D eigenvalue weighted by atomic mass is 10.1. The van der Waals surface area contributed by atoms with Crippen LogP contribution >= 0.6 is 11.6 Å². The fraction of sp³-hybridized carbons (Fsp3) is 0.154. The molecule has 0 spiro atoms. The van der Waals surface area contributed by atoms with Crippen molar-refractivity contribution in [3.05, 3.63) is 52.3 Å². The number of benzene rings is 1. The smallest absolute Gasteiger partial charge is 0.261 e. The summed E-state index contributed by atoms with van der Waals surface area (Å²) in [7, 11) is 0. The Labute approximate surface area is 118 Å². The summed E-state index contributed by atoms with van der Waals surface area (Å²) < 4.78 is 18.2. The second-order valence-corrected chi connectivity index (χ2v) is 4.74. The molecule has 20 heavy (non-hydrogen) atoms. The number of hydrogen-bond donors (Lipinski definition) is 1. The highest BCUT2D eigenvalue weighted by Crippen LogP contribution is 2.22. The van der Waals surface area contributed by atoms with Crippen LogP contribution in [0.25, 0.3) is 11.5 Å².